The Morgan fingerprint density at radius 2 is 1.80 bits per heavy atom. The van der Waals surface area contributed by atoms with E-state index in [4.69, 9.17) is 16.0 Å². The molecule has 3 rings (SSSR count). The van der Waals surface area contributed by atoms with Crippen LogP contribution in [0.3, 0.4) is 0 Å². The minimum atomic E-state index is -0.305. The lowest BCUT2D eigenvalue weighted by Crippen LogP contribution is -2.30. The summed E-state index contributed by atoms with van der Waals surface area (Å²) < 4.78 is 5.61. The lowest BCUT2D eigenvalue weighted by atomic mass is 10.1. The van der Waals surface area contributed by atoms with Gasteiger partial charge in [-0.15, -0.1) is 10.2 Å². The van der Waals surface area contributed by atoms with Crippen LogP contribution < -0.4 is 10.6 Å². The summed E-state index contributed by atoms with van der Waals surface area (Å²) in [6.07, 6.45) is 0.451. The molecule has 0 radical (unpaired) electrons. The van der Waals surface area contributed by atoms with Gasteiger partial charge in [0.15, 0.2) is 0 Å². The van der Waals surface area contributed by atoms with Crippen molar-refractivity contribution in [2.75, 3.05) is 11.9 Å². The largest absolute Gasteiger partial charge is 0.421 e. The molecule has 0 unspecified atom stereocenters. The molecule has 6 nitrogen and oxygen atoms in total. The summed E-state index contributed by atoms with van der Waals surface area (Å²) in [5, 5.41) is 14.1. The van der Waals surface area contributed by atoms with E-state index in [0.717, 1.165) is 5.56 Å². The van der Waals surface area contributed by atoms with E-state index in [-0.39, 0.29) is 6.03 Å². The Morgan fingerprint density at radius 3 is 2.52 bits per heavy atom. The van der Waals surface area contributed by atoms with Gasteiger partial charge in [0.25, 0.3) is 0 Å². The topological polar surface area (TPSA) is 80.0 Å². The Balaban J connectivity index is 1.48. The lowest BCUT2D eigenvalue weighted by Gasteiger charge is -2.06. The van der Waals surface area contributed by atoms with Crippen molar-refractivity contribution in [3.8, 4) is 11.5 Å². The summed E-state index contributed by atoms with van der Waals surface area (Å²) in [6.45, 7) is 2.40. The second-order valence-electron chi connectivity index (χ2n) is 5.50. The van der Waals surface area contributed by atoms with Crippen LogP contribution in [0.25, 0.3) is 11.5 Å². The normalized spacial score (nSPS) is 10.5. The van der Waals surface area contributed by atoms with Crippen LogP contribution in [0.1, 0.15) is 11.5 Å². The number of aromatic nitrogens is 2. The molecule has 0 saturated heterocycles. The zero-order chi connectivity index (χ0) is 17.6. The fourth-order valence-corrected chi connectivity index (χ4v) is 2.28. The number of anilines is 1. The van der Waals surface area contributed by atoms with E-state index in [0.29, 0.717) is 35.5 Å². The predicted octanol–water partition coefficient (Wildman–Crippen LogP) is 4.06. The predicted molar refractivity (Wildman–Crippen MR) is 96.6 cm³/mol. The molecule has 0 spiro atoms. The van der Waals surface area contributed by atoms with E-state index in [2.05, 4.69) is 20.8 Å². The van der Waals surface area contributed by atoms with E-state index in [1.165, 1.54) is 5.56 Å². The van der Waals surface area contributed by atoms with Gasteiger partial charge in [-0.05, 0) is 43.3 Å². The molecule has 0 atom stereocenters. The highest BCUT2D eigenvalue weighted by atomic mass is 35.5. The van der Waals surface area contributed by atoms with Gasteiger partial charge in [-0.3, -0.25) is 0 Å². The number of urea groups is 1. The summed E-state index contributed by atoms with van der Waals surface area (Å²) in [5.74, 6) is 0.947. The molecule has 0 aliphatic carbocycles. The first kappa shape index (κ1) is 17.0. The van der Waals surface area contributed by atoms with Crippen LogP contribution in [-0.4, -0.2) is 22.8 Å². The molecule has 2 amide bonds. The van der Waals surface area contributed by atoms with Crippen molar-refractivity contribution < 1.29 is 9.21 Å². The second kappa shape index (κ2) is 7.81. The third kappa shape index (κ3) is 4.81. The molecular weight excluding hydrogens is 340 g/mol. The van der Waals surface area contributed by atoms with Gasteiger partial charge in [0.05, 0.1) is 0 Å². The number of aryl methyl sites for hydroxylation is 1. The third-order valence-corrected chi connectivity index (χ3v) is 3.74. The second-order valence-corrected chi connectivity index (χ2v) is 5.94. The Labute approximate surface area is 150 Å². The smallest absolute Gasteiger partial charge is 0.319 e. The summed E-state index contributed by atoms with van der Waals surface area (Å²) in [6, 6.07) is 14.4. The molecule has 1 heterocycles. The number of carbonyl (C=O) groups is 1. The molecule has 7 heteroatoms. The van der Waals surface area contributed by atoms with Crippen LogP contribution in [0.5, 0.6) is 0 Å². The van der Waals surface area contributed by atoms with E-state index in [1.54, 1.807) is 24.3 Å². The van der Waals surface area contributed by atoms with Crippen LogP contribution in [0, 0.1) is 6.92 Å². The summed E-state index contributed by atoms with van der Waals surface area (Å²) >= 11 is 5.80. The van der Waals surface area contributed by atoms with Crippen LogP contribution in [-0.2, 0) is 6.42 Å². The maximum Gasteiger partial charge on any atom is 0.319 e. The van der Waals surface area contributed by atoms with Crippen LogP contribution in [0.15, 0.2) is 52.9 Å². The number of halogens is 1. The standard InChI is InChI=1S/C18H17ClN4O2/c1-12-2-4-13(5-3-12)17-23-22-16(25-17)10-11-20-18(24)21-15-8-6-14(19)7-9-15/h2-9H,10-11H2,1H3,(H2,20,21,24). The molecule has 0 bridgehead atoms. The highest BCUT2D eigenvalue weighted by Crippen LogP contribution is 2.18. The molecule has 25 heavy (non-hydrogen) atoms. The minimum absolute atomic E-state index is 0.305. The number of benzene rings is 2. The Kier molecular flexibility index (Phi) is 5.30. The van der Waals surface area contributed by atoms with Gasteiger partial charge < -0.3 is 15.1 Å². The first-order valence-electron chi connectivity index (χ1n) is 7.80. The number of amides is 2. The Morgan fingerprint density at radius 1 is 1.08 bits per heavy atom. The minimum Gasteiger partial charge on any atom is -0.421 e. The lowest BCUT2D eigenvalue weighted by molar-refractivity contribution is 0.252. The zero-order valence-electron chi connectivity index (χ0n) is 13.6. The maximum atomic E-state index is 11.8. The van der Waals surface area contributed by atoms with Crippen molar-refractivity contribution >= 4 is 23.3 Å². The van der Waals surface area contributed by atoms with Crippen molar-refractivity contribution in [3.63, 3.8) is 0 Å². The summed E-state index contributed by atoms with van der Waals surface area (Å²) in [5.41, 5.74) is 2.71. The number of carbonyl (C=O) groups excluding carboxylic acids is 1. The van der Waals surface area contributed by atoms with Gasteiger partial charge in [-0.25, -0.2) is 4.79 Å². The summed E-state index contributed by atoms with van der Waals surface area (Å²) in [4.78, 5) is 11.8. The fraction of sp³-hybridized carbons (Fsp3) is 0.167. The molecule has 128 valence electrons. The molecule has 2 aromatic carbocycles. The van der Waals surface area contributed by atoms with Gasteiger partial charge in [-0.1, -0.05) is 29.3 Å². The molecule has 0 fully saturated rings. The monoisotopic (exact) mass is 356 g/mol. The molecule has 2 N–H and O–H groups in total. The molecule has 0 aliphatic heterocycles. The Bertz CT molecular complexity index is 844. The van der Waals surface area contributed by atoms with Crippen LogP contribution >= 0.6 is 11.6 Å². The van der Waals surface area contributed by atoms with E-state index >= 15 is 0 Å². The highest BCUT2D eigenvalue weighted by Gasteiger charge is 2.09. The van der Waals surface area contributed by atoms with Crippen molar-refractivity contribution in [1.29, 1.82) is 0 Å². The average molecular weight is 357 g/mol. The maximum absolute atomic E-state index is 11.8. The van der Waals surface area contributed by atoms with Gasteiger partial charge in [-0.2, -0.15) is 0 Å². The number of rotatable bonds is 5. The van der Waals surface area contributed by atoms with Crippen molar-refractivity contribution in [2.24, 2.45) is 0 Å². The van der Waals surface area contributed by atoms with Crippen LogP contribution in [0.4, 0.5) is 10.5 Å². The first-order chi connectivity index (χ1) is 12.1. The third-order valence-electron chi connectivity index (χ3n) is 3.49. The van der Waals surface area contributed by atoms with Crippen LogP contribution in [0.2, 0.25) is 5.02 Å². The van der Waals surface area contributed by atoms with Crippen molar-refractivity contribution in [2.45, 2.75) is 13.3 Å². The molecule has 1 aromatic heterocycles. The van der Waals surface area contributed by atoms with Gasteiger partial charge in [0.2, 0.25) is 11.8 Å². The number of hydrogen-bond acceptors (Lipinski definition) is 4. The Hall–Kier alpha value is -2.86. The van der Waals surface area contributed by atoms with Gasteiger partial charge >= 0.3 is 6.03 Å². The SMILES string of the molecule is Cc1ccc(-c2nnc(CCNC(=O)Nc3ccc(Cl)cc3)o2)cc1. The van der Waals surface area contributed by atoms with Crippen molar-refractivity contribution in [3.05, 3.63) is 65.0 Å². The molecule has 3 aromatic rings. The van der Waals surface area contributed by atoms with Gasteiger partial charge in [0.1, 0.15) is 0 Å². The van der Waals surface area contributed by atoms with Crippen molar-refractivity contribution in [1.82, 2.24) is 15.5 Å². The quantitative estimate of drug-likeness (QED) is 0.722. The van der Waals surface area contributed by atoms with E-state index < -0.39 is 0 Å². The molecule has 0 saturated carbocycles. The molecule has 0 aliphatic rings. The molecular formula is C18H17ClN4O2. The average Bonchev–Trinajstić information content (AvgIpc) is 3.06. The first-order valence-corrected chi connectivity index (χ1v) is 8.18. The zero-order valence-corrected chi connectivity index (χ0v) is 14.4. The fourth-order valence-electron chi connectivity index (χ4n) is 2.16. The highest BCUT2D eigenvalue weighted by molar-refractivity contribution is 6.30. The number of nitrogens with zero attached hydrogens (tertiary/aromatic N) is 2. The van der Waals surface area contributed by atoms with E-state index in [1.807, 2.05) is 31.2 Å². The van der Waals surface area contributed by atoms with E-state index in [9.17, 15) is 4.79 Å². The number of hydrogen-bond donors (Lipinski definition) is 2. The number of nitrogens with one attached hydrogen (secondary N) is 2. The summed E-state index contributed by atoms with van der Waals surface area (Å²) in [7, 11) is 0. The van der Waals surface area contributed by atoms with Gasteiger partial charge in [0, 0.05) is 29.2 Å².